The van der Waals surface area contributed by atoms with Gasteiger partial charge < -0.3 is 5.73 Å². The first-order valence-electron chi connectivity index (χ1n) is 5.32. The van der Waals surface area contributed by atoms with Gasteiger partial charge >= 0.3 is 0 Å². The molecule has 0 saturated heterocycles. The molecule has 1 unspecified atom stereocenters. The van der Waals surface area contributed by atoms with E-state index in [-0.39, 0.29) is 11.5 Å². The number of halogens is 1. The van der Waals surface area contributed by atoms with E-state index in [4.69, 9.17) is 5.73 Å². The van der Waals surface area contributed by atoms with Crippen molar-refractivity contribution in [2.45, 2.75) is 27.2 Å². The van der Waals surface area contributed by atoms with Crippen molar-refractivity contribution in [3.63, 3.8) is 0 Å². The SMILES string of the molecule is C/C=C(/c1cccc(N)c1F)C(C)CC. The maximum Gasteiger partial charge on any atom is 0.153 e. The Morgan fingerprint density at radius 1 is 1.53 bits per heavy atom. The van der Waals surface area contributed by atoms with Gasteiger partial charge in [0.2, 0.25) is 0 Å². The van der Waals surface area contributed by atoms with Crippen LogP contribution in [0.4, 0.5) is 10.1 Å². The van der Waals surface area contributed by atoms with E-state index < -0.39 is 0 Å². The lowest BCUT2D eigenvalue weighted by molar-refractivity contribution is 0.621. The van der Waals surface area contributed by atoms with E-state index in [1.54, 1.807) is 18.2 Å². The average Bonchev–Trinajstić information content (AvgIpc) is 2.24. The number of hydrogen-bond donors (Lipinski definition) is 1. The minimum absolute atomic E-state index is 0.218. The van der Waals surface area contributed by atoms with Gasteiger partial charge in [-0.05, 0) is 30.9 Å². The van der Waals surface area contributed by atoms with Gasteiger partial charge in [-0.15, -0.1) is 0 Å². The molecule has 0 fully saturated rings. The normalized spacial score (nSPS) is 14.0. The zero-order valence-corrected chi connectivity index (χ0v) is 9.55. The van der Waals surface area contributed by atoms with Crippen LogP contribution in [0.25, 0.3) is 5.57 Å². The molecule has 2 heteroatoms. The Labute approximate surface area is 90.8 Å². The Kier molecular flexibility index (Phi) is 3.89. The first kappa shape index (κ1) is 11.8. The van der Waals surface area contributed by atoms with Crippen LogP contribution >= 0.6 is 0 Å². The fraction of sp³-hybridized carbons (Fsp3) is 0.385. The highest BCUT2D eigenvalue weighted by atomic mass is 19.1. The van der Waals surface area contributed by atoms with E-state index >= 15 is 0 Å². The fourth-order valence-electron chi connectivity index (χ4n) is 1.70. The largest absolute Gasteiger partial charge is 0.396 e. The lowest BCUT2D eigenvalue weighted by Gasteiger charge is -2.15. The fourth-order valence-corrected chi connectivity index (χ4v) is 1.70. The second kappa shape index (κ2) is 4.96. The molecule has 0 aliphatic heterocycles. The predicted molar refractivity (Wildman–Crippen MR) is 63.9 cm³/mol. The second-order valence-electron chi connectivity index (χ2n) is 3.76. The van der Waals surface area contributed by atoms with Crippen molar-refractivity contribution in [2.24, 2.45) is 5.92 Å². The molecule has 0 aliphatic rings. The first-order chi connectivity index (χ1) is 7.11. The number of allylic oxidation sites excluding steroid dienone is 2. The van der Waals surface area contributed by atoms with Crippen molar-refractivity contribution in [3.05, 3.63) is 35.7 Å². The van der Waals surface area contributed by atoms with Gasteiger partial charge in [0.1, 0.15) is 0 Å². The van der Waals surface area contributed by atoms with Crippen LogP contribution in [0.5, 0.6) is 0 Å². The number of hydrogen-bond acceptors (Lipinski definition) is 1. The lowest BCUT2D eigenvalue weighted by atomic mass is 9.91. The van der Waals surface area contributed by atoms with Gasteiger partial charge in [-0.1, -0.05) is 32.1 Å². The smallest absolute Gasteiger partial charge is 0.153 e. The van der Waals surface area contributed by atoms with Crippen LogP contribution in [0, 0.1) is 11.7 Å². The number of nitrogens with two attached hydrogens (primary N) is 1. The van der Waals surface area contributed by atoms with Crippen molar-refractivity contribution in [2.75, 3.05) is 5.73 Å². The first-order valence-corrected chi connectivity index (χ1v) is 5.32. The maximum atomic E-state index is 13.8. The molecule has 0 heterocycles. The molecule has 0 bridgehead atoms. The summed E-state index contributed by atoms with van der Waals surface area (Å²) < 4.78 is 13.8. The molecular formula is C13H18FN. The van der Waals surface area contributed by atoms with Crippen molar-refractivity contribution in [1.82, 2.24) is 0 Å². The Balaban J connectivity index is 3.20. The van der Waals surface area contributed by atoms with Gasteiger partial charge in [-0.2, -0.15) is 0 Å². The molecule has 1 aromatic rings. The molecule has 0 saturated carbocycles. The molecule has 1 atom stereocenters. The molecule has 82 valence electrons. The lowest BCUT2D eigenvalue weighted by Crippen LogP contribution is -2.02. The monoisotopic (exact) mass is 207 g/mol. The van der Waals surface area contributed by atoms with Gasteiger partial charge in [0.25, 0.3) is 0 Å². The number of rotatable bonds is 3. The summed E-state index contributed by atoms with van der Waals surface area (Å²) in [5.74, 6) is 0.0530. The summed E-state index contributed by atoms with van der Waals surface area (Å²) in [5, 5.41) is 0. The summed E-state index contributed by atoms with van der Waals surface area (Å²) in [4.78, 5) is 0. The Bertz CT molecular complexity index is 369. The molecule has 0 aromatic heterocycles. The van der Waals surface area contributed by atoms with Crippen LogP contribution in [0.3, 0.4) is 0 Å². The van der Waals surface area contributed by atoms with Gasteiger partial charge in [-0.3, -0.25) is 0 Å². The number of anilines is 1. The van der Waals surface area contributed by atoms with Crippen LogP contribution in [0.15, 0.2) is 24.3 Å². The third-order valence-electron chi connectivity index (χ3n) is 2.79. The predicted octanol–water partition coefficient (Wildman–Crippen LogP) is 3.86. The van der Waals surface area contributed by atoms with Crippen LogP contribution in [-0.2, 0) is 0 Å². The highest BCUT2D eigenvalue weighted by molar-refractivity contribution is 5.70. The Morgan fingerprint density at radius 3 is 2.73 bits per heavy atom. The summed E-state index contributed by atoms with van der Waals surface area (Å²) in [6, 6.07) is 5.16. The summed E-state index contributed by atoms with van der Waals surface area (Å²) in [6.07, 6.45) is 2.96. The zero-order valence-electron chi connectivity index (χ0n) is 9.55. The average molecular weight is 207 g/mol. The van der Waals surface area contributed by atoms with E-state index in [9.17, 15) is 4.39 Å². The number of benzene rings is 1. The van der Waals surface area contributed by atoms with Gasteiger partial charge in [-0.25, -0.2) is 4.39 Å². The Hall–Kier alpha value is -1.31. The molecule has 1 nitrogen and oxygen atoms in total. The molecule has 0 aliphatic carbocycles. The summed E-state index contributed by atoms with van der Waals surface area (Å²) in [6.45, 7) is 6.13. The van der Waals surface area contributed by atoms with Crippen LogP contribution in [0.1, 0.15) is 32.8 Å². The van der Waals surface area contributed by atoms with Crippen LogP contribution in [0.2, 0.25) is 0 Å². The summed E-state index contributed by atoms with van der Waals surface area (Å²) in [5.41, 5.74) is 7.43. The van der Waals surface area contributed by atoms with Gasteiger partial charge in [0.05, 0.1) is 5.69 Å². The maximum absolute atomic E-state index is 13.8. The van der Waals surface area contributed by atoms with Crippen molar-refractivity contribution < 1.29 is 4.39 Å². The van der Waals surface area contributed by atoms with E-state index in [2.05, 4.69) is 13.8 Å². The third-order valence-corrected chi connectivity index (χ3v) is 2.79. The molecule has 1 aromatic carbocycles. The summed E-state index contributed by atoms with van der Waals surface area (Å²) in [7, 11) is 0. The van der Waals surface area contributed by atoms with E-state index in [1.807, 2.05) is 13.0 Å². The van der Waals surface area contributed by atoms with Crippen molar-refractivity contribution in [3.8, 4) is 0 Å². The van der Waals surface area contributed by atoms with Gasteiger partial charge in [0, 0.05) is 5.56 Å². The molecule has 2 N–H and O–H groups in total. The second-order valence-corrected chi connectivity index (χ2v) is 3.76. The Morgan fingerprint density at radius 2 is 2.20 bits per heavy atom. The highest BCUT2D eigenvalue weighted by Gasteiger charge is 2.13. The van der Waals surface area contributed by atoms with E-state index in [0.29, 0.717) is 11.5 Å². The molecule has 15 heavy (non-hydrogen) atoms. The third kappa shape index (κ3) is 2.38. The zero-order chi connectivity index (χ0) is 11.4. The molecular weight excluding hydrogens is 189 g/mol. The molecule has 1 rings (SSSR count). The molecule has 0 radical (unpaired) electrons. The van der Waals surface area contributed by atoms with Crippen molar-refractivity contribution >= 4 is 11.3 Å². The molecule has 0 amide bonds. The standard InChI is InChI=1S/C13H18FN/c1-4-9(3)10(5-2)11-7-6-8-12(15)13(11)14/h5-9H,4,15H2,1-3H3/b10-5+. The van der Waals surface area contributed by atoms with E-state index in [0.717, 1.165) is 12.0 Å². The summed E-state index contributed by atoms with van der Waals surface area (Å²) >= 11 is 0. The highest BCUT2D eigenvalue weighted by Crippen LogP contribution is 2.29. The minimum Gasteiger partial charge on any atom is -0.396 e. The minimum atomic E-state index is -0.300. The van der Waals surface area contributed by atoms with Crippen LogP contribution < -0.4 is 5.73 Å². The topological polar surface area (TPSA) is 26.0 Å². The van der Waals surface area contributed by atoms with Crippen molar-refractivity contribution in [1.29, 1.82) is 0 Å². The van der Waals surface area contributed by atoms with E-state index in [1.165, 1.54) is 0 Å². The molecule has 0 spiro atoms. The number of nitrogen functional groups attached to an aromatic ring is 1. The van der Waals surface area contributed by atoms with Crippen LogP contribution in [-0.4, -0.2) is 0 Å². The van der Waals surface area contributed by atoms with Gasteiger partial charge in [0.15, 0.2) is 5.82 Å². The quantitative estimate of drug-likeness (QED) is 0.748.